The van der Waals surface area contributed by atoms with Gasteiger partial charge in [0.1, 0.15) is 0 Å². The molecule has 0 aliphatic rings. The van der Waals surface area contributed by atoms with Gasteiger partial charge in [-0.1, -0.05) is 6.07 Å². The van der Waals surface area contributed by atoms with Gasteiger partial charge in [-0.2, -0.15) is 13.5 Å². The quantitative estimate of drug-likeness (QED) is 0.712. The molecule has 1 aromatic heterocycles. The normalized spacial score (nSPS) is 11.4. The number of benzene rings is 1. The number of aryl methyl sites for hydroxylation is 1. The minimum Gasteiger partial charge on any atom is -0.398 e. The van der Waals surface area contributed by atoms with E-state index < -0.39 is 10.0 Å². The van der Waals surface area contributed by atoms with Gasteiger partial charge in [-0.3, -0.25) is 9.82 Å². The summed E-state index contributed by atoms with van der Waals surface area (Å²) in [5, 5.41) is 6.00. The number of hydrogen-bond donors (Lipinski definition) is 3. The van der Waals surface area contributed by atoms with Crippen LogP contribution in [0.3, 0.4) is 0 Å². The number of nitrogens with zero attached hydrogens (tertiary/aromatic N) is 1. The predicted molar refractivity (Wildman–Crippen MR) is 65.0 cm³/mol. The third kappa shape index (κ3) is 2.39. The minimum absolute atomic E-state index is 0.0108. The Morgan fingerprint density at radius 3 is 2.71 bits per heavy atom. The number of H-pyrrole nitrogens is 1. The van der Waals surface area contributed by atoms with Crippen molar-refractivity contribution in [2.45, 2.75) is 11.9 Å². The van der Waals surface area contributed by atoms with Crippen LogP contribution in [0.15, 0.2) is 35.5 Å². The van der Waals surface area contributed by atoms with Gasteiger partial charge in [-0.15, -0.1) is 0 Å². The largest absolute Gasteiger partial charge is 0.398 e. The number of aromatic nitrogens is 2. The molecule has 0 aliphatic carbocycles. The summed E-state index contributed by atoms with van der Waals surface area (Å²) in [6.45, 7) is 1.85. The number of nitrogen functional groups attached to an aromatic ring is 1. The SMILES string of the molecule is Cc1ccc(NS(=O)(=O)c2ccn[nH]2)cc1N. The highest BCUT2D eigenvalue weighted by atomic mass is 32.2. The minimum atomic E-state index is -3.62. The Morgan fingerprint density at radius 1 is 1.35 bits per heavy atom. The van der Waals surface area contributed by atoms with Crippen LogP contribution in [0.5, 0.6) is 0 Å². The number of nitrogens with two attached hydrogens (primary N) is 1. The van der Waals surface area contributed by atoms with Gasteiger partial charge in [0.25, 0.3) is 10.0 Å². The van der Waals surface area contributed by atoms with Crippen molar-refractivity contribution in [3.05, 3.63) is 36.0 Å². The van der Waals surface area contributed by atoms with Crippen molar-refractivity contribution in [2.75, 3.05) is 10.5 Å². The molecule has 1 aromatic carbocycles. The number of anilines is 2. The second-order valence-electron chi connectivity index (χ2n) is 3.60. The number of nitrogens with one attached hydrogen (secondary N) is 2. The van der Waals surface area contributed by atoms with Crippen molar-refractivity contribution < 1.29 is 8.42 Å². The highest BCUT2D eigenvalue weighted by molar-refractivity contribution is 7.92. The van der Waals surface area contributed by atoms with Crippen molar-refractivity contribution in [3.8, 4) is 0 Å². The summed E-state index contributed by atoms with van der Waals surface area (Å²) in [7, 11) is -3.62. The average Bonchev–Trinajstić information content (AvgIpc) is 2.77. The van der Waals surface area contributed by atoms with Crippen molar-refractivity contribution >= 4 is 21.4 Å². The maximum absolute atomic E-state index is 11.8. The molecule has 0 radical (unpaired) electrons. The number of hydrogen-bond acceptors (Lipinski definition) is 4. The Morgan fingerprint density at radius 2 is 2.12 bits per heavy atom. The van der Waals surface area contributed by atoms with E-state index in [0.717, 1.165) is 5.56 Å². The van der Waals surface area contributed by atoms with E-state index in [1.54, 1.807) is 18.2 Å². The van der Waals surface area contributed by atoms with Gasteiger partial charge in [0.05, 0.1) is 11.9 Å². The lowest BCUT2D eigenvalue weighted by molar-refractivity contribution is 0.597. The zero-order valence-electron chi connectivity index (χ0n) is 9.14. The smallest absolute Gasteiger partial charge is 0.278 e. The van der Waals surface area contributed by atoms with E-state index in [4.69, 9.17) is 5.73 Å². The van der Waals surface area contributed by atoms with Crippen LogP contribution in [-0.4, -0.2) is 18.6 Å². The Bertz CT molecular complexity index is 620. The molecule has 2 rings (SSSR count). The zero-order valence-corrected chi connectivity index (χ0v) is 9.95. The molecule has 0 saturated carbocycles. The molecule has 0 spiro atoms. The van der Waals surface area contributed by atoms with Crippen LogP contribution >= 0.6 is 0 Å². The van der Waals surface area contributed by atoms with E-state index in [1.165, 1.54) is 12.3 Å². The van der Waals surface area contributed by atoms with Crippen LogP contribution in [0.4, 0.5) is 11.4 Å². The molecule has 0 atom stereocenters. The van der Waals surface area contributed by atoms with Crippen molar-refractivity contribution in [3.63, 3.8) is 0 Å². The fourth-order valence-electron chi connectivity index (χ4n) is 1.31. The highest BCUT2D eigenvalue weighted by Gasteiger charge is 2.15. The zero-order chi connectivity index (χ0) is 12.5. The lowest BCUT2D eigenvalue weighted by Crippen LogP contribution is -2.13. The average molecular weight is 252 g/mol. The van der Waals surface area contributed by atoms with Gasteiger partial charge in [0, 0.05) is 5.69 Å². The fraction of sp³-hybridized carbons (Fsp3) is 0.100. The molecule has 0 saturated heterocycles. The third-order valence-corrected chi connectivity index (χ3v) is 3.61. The van der Waals surface area contributed by atoms with Gasteiger partial charge < -0.3 is 5.73 Å². The van der Waals surface area contributed by atoms with Crippen LogP contribution in [0, 0.1) is 6.92 Å². The van der Waals surface area contributed by atoms with Crippen LogP contribution in [-0.2, 0) is 10.0 Å². The van der Waals surface area contributed by atoms with Crippen LogP contribution < -0.4 is 10.5 Å². The standard InChI is InChI=1S/C10H12N4O2S/c1-7-2-3-8(6-9(7)11)14-17(15,16)10-4-5-12-13-10/h2-6,14H,11H2,1H3,(H,12,13). The maximum Gasteiger partial charge on any atom is 0.278 e. The first kappa shape index (κ1) is 11.5. The van der Waals surface area contributed by atoms with Gasteiger partial charge in [-0.25, -0.2) is 0 Å². The van der Waals surface area contributed by atoms with Gasteiger partial charge >= 0.3 is 0 Å². The van der Waals surface area contributed by atoms with Gasteiger partial charge in [0.15, 0.2) is 5.03 Å². The van der Waals surface area contributed by atoms with Crippen molar-refractivity contribution in [2.24, 2.45) is 0 Å². The summed E-state index contributed by atoms with van der Waals surface area (Å²) in [5.41, 5.74) is 7.56. The van der Waals surface area contributed by atoms with E-state index >= 15 is 0 Å². The van der Waals surface area contributed by atoms with Gasteiger partial charge in [-0.05, 0) is 30.7 Å². The summed E-state index contributed by atoms with van der Waals surface area (Å²) in [5.74, 6) is 0. The van der Waals surface area contributed by atoms with Gasteiger partial charge in [0.2, 0.25) is 0 Å². The molecule has 6 nitrogen and oxygen atoms in total. The lowest BCUT2D eigenvalue weighted by atomic mass is 10.2. The Kier molecular flexibility index (Phi) is 2.76. The lowest BCUT2D eigenvalue weighted by Gasteiger charge is -2.08. The van der Waals surface area contributed by atoms with Crippen molar-refractivity contribution in [1.82, 2.24) is 10.2 Å². The Labute approximate surface area is 98.9 Å². The Balaban J connectivity index is 2.30. The second kappa shape index (κ2) is 4.10. The monoisotopic (exact) mass is 252 g/mol. The van der Waals surface area contributed by atoms with E-state index in [9.17, 15) is 8.42 Å². The highest BCUT2D eigenvalue weighted by Crippen LogP contribution is 2.19. The topological polar surface area (TPSA) is 101 Å². The maximum atomic E-state index is 11.8. The molecule has 4 N–H and O–H groups in total. The summed E-state index contributed by atoms with van der Waals surface area (Å²) in [4.78, 5) is 0. The predicted octanol–water partition coefficient (Wildman–Crippen LogP) is 1.10. The van der Waals surface area contributed by atoms with E-state index in [1.807, 2.05) is 6.92 Å². The van der Waals surface area contributed by atoms with Crippen molar-refractivity contribution in [1.29, 1.82) is 0 Å². The number of aromatic amines is 1. The number of sulfonamides is 1. The molecule has 1 heterocycles. The molecule has 0 unspecified atom stereocenters. The molecular formula is C10H12N4O2S. The molecule has 0 fully saturated rings. The summed E-state index contributed by atoms with van der Waals surface area (Å²) < 4.78 is 26.1. The van der Waals surface area contributed by atoms with E-state index in [2.05, 4.69) is 14.9 Å². The van der Waals surface area contributed by atoms with Crippen LogP contribution in [0.25, 0.3) is 0 Å². The summed E-state index contributed by atoms with van der Waals surface area (Å²) in [6, 6.07) is 6.35. The molecular weight excluding hydrogens is 240 g/mol. The molecule has 0 bridgehead atoms. The second-order valence-corrected chi connectivity index (χ2v) is 5.25. The molecule has 17 heavy (non-hydrogen) atoms. The third-order valence-electron chi connectivity index (χ3n) is 2.30. The van der Waals surface area contributed by atoms with Crippen LogP contribution in [0.2, 0.25) is 0 Å². The van der Waals surface area contributed by atoms with E-state index in [0.29, 0.717) is 11.4 Å². The molecule has 0 amide bonds. The molecule has 2 aromatic rings. The number of rotatable bonds is 3. The molecule has 90 valence electrons. The first-order valence-corrected chi connectivity index (χ1v) is 6.36. The molecule has 7 heteroatoms. The first-order chi connectivity index (χ1) is 7.99. The summed E-state index contributed by atoms with van der Waals surface area (Å²) in [6.07, 6.45) is 1.37. The fourth-order valence-corrected chi connectivity index (χ4v) is 2.27. The summed E-state index contributed by atoms with van der Waals surface area (Å²) >= 11 is 0. The molecule has 0 aliphatic heterocycles. The van der Waals surface area contributed by atoms with E-state index in [-0.39, 0.29) is 5.03 Å². The Hall–Kier alpha value is -2.02. The first-order valence-electron chi connectivity index (χ1n) is 4.87. The van der Waals surface area contributed by atoms with Crippen LogP contribution in [0.1, 0.15) is 5.56 Å².